The van der Waals surface area contributed by atoms with Crippen LogP contribution in [0.3, 0.4) is 0 Å². The van der Waals surface area contributed by atoms with Crippen LogP contribution in [0.25, 0.3) is 0 Å². The predicted molar refractivity (Wildman–Crippen MR) is 79.4 cm³/mol. The van der Waals surface area contributed by atoms with Crippen LogP contribution in [0.2, 0.25) is 0 Å². The van der Waals surface area contributed by atoms with E-state index in [1.54, 1.807) is 14.0 Å². The van der Waals surface area contributed by atoms with E-state index in [-0.39, 0.29) is 12.2 Å². The van der Waals surface area contributed by atoms with E-state index in [2.05, 4.69) is 0 Å². The van der Waals surface area contributed by atoms with Crippen LogP contribution in [0.4, 0.5) is 0 Å². The summed E-state index contributed by atoms with van der Waals surface area (Å²) in [6, 6.07) is 5.89. The van der Waals surface area contributed by atoms with Gasteiger partial charge in [-0.2, -0.15) is 11.8 Å². The Labute approximate surface area is 119 Å². The first-order chi connectivity index (χ1) is 9.19. The van der Waals surface area contributed by atoms with Crippen molar-refractivity contribution in [3.05, 3.63) is 23.8 Å². The van der Waals surface area contributed by atoms with Crippen LogP contribution >= 0.6 is 11.8 Å². The minimum atomic E-state index is -0.341. The number of methoxy groups -OCH3 is 1. The summed E-state index contributed by atoms with van der Waals surface area (Å²) in [5, 5.41) is 9.47. The predicted octanol–water partition coefficient (Wildman–Crippen LogP) is 2.89. The number of benzene rings is 1. The average molecular weight is 282 g/mol. The van der Waals surface area contributed by atoms with Crippen LogP contribution < -0.4 is 9.47 Å². The van der Waals surface area contributed by atoms with Crippen molar-refractivity contribution >= 4 is 11.8 Å². The molecule has 19 heavy (non-hydrogen) atoms. The summed E-state index contributed by atoms with van der Waals surface area (Å²) in [5.74, 6) is 3.85. The molecule has 1 saturated heterocycles. The lowest BCUT2D eigenvalue weighted by Crippen LogP contribution is -2.23. The summed E-state index contributed by atoms with van der Waals surface area (Å²) < 4.78 is 11.4. The molecule has 2 atom stereocenters. The van der Waals surface area contributed by atoms with Gasteiger partial charge in [0, 0.05) is 5.75 Å². The maximum Gasteiger partial charge on any atom is 0.161 e. The average Bonchev–Trinajstić information content (AvgIpc) is 2.39. The summed E-state index contributed by atoms with van der Waals surface area (Å²) in [7, 11) is 1.66. The molecule has 0 saturated carbocycles. The van der Waals surface area contributed by atoms with Crippen molar-refractivity contribution in [2.45, 2.75) is 38.4 Å². The Morgan fingerprint density at radius 3 is 2.89 bits per heavy atom. The van der Waals surface area contributed by atoms with Crippen molar-refractivity contribution in [1.82, 2.24) is 0 Å². The number of aliphatic hydroxyl groups is 1. The molecule has 1 aliphatic rings. The molecule has 1 fully saturated rings. The first kappa shape index (κ1) is 14.5. The minimum absolute atomic E-state index is 0.273. The molecule has 0 radical (unpaired) electrons. The molecule has 1 aromatic rings. The second-order valence-corrected chi connectivity index (χ2v) is 6.15. The molecule has 1 aromatic carbocycles. The van der Waals surface area contributed by atoms with Gasteiger partial charge in [0.25, 0.3) is 0 Å². The number of aliphatic hydroxyl groups excluding tert-OH is 1. The molecule has 106 valence electrons. The van der Waals surface area contributed by atoms with Gasteiger partial charge in [0.15, 0.2) is 11.5 Å². The van der Waals surface area contributed by atoms with Gasteiger partial charge >= 0.3 is 0 Å². The summed E-state index contributed by atoms with van der Waals surface area (Å²) in [6.07, 6.45) is 2.89. The molecular formula is C15H22O3S. The lowest BCUT2D eigenvalue weighted by Gasteiger charge is -2.24. The fourth-order valence-corrected chi connectivity index (χ4v) is 3.30. The standard InChI is InChI=1S/C15H22O3S/c1-11(16)8-12-5-6-14(17-2)15(9-12)18-13-4-3-7-19-10-13/h5-6,9,11,13,16H,3-4,7-8,10H2,1-2H3. The highest BCUT2D eigenvalue weighted by atomic mass is 32.2. The van der Waals surface area contributed by atoms with Crippen LogP contribution in [-0.4, -0.2) is 35.9 Å². The number of hydrogen-bond donors (Lipinski definition) is 1. The van der Waals surface area contributed by atoms with Crippen molar-refractivity contribution in [2.75, 3.05) is 18.6 Å². The summed E-state index contributed by atoms with van der Waals surface area (Å²) in [5.41, 5.74) is 1.08. The van der Waals surface area contributed by atoms with Crippen LogP contribution in [0.5, 0.6) is 11.5 Å². The van der Waals surface area contributed by atoms with Gasteiger partial charge in [-0.1, -0.05) is 6.07 Å². The third-order valence-corrected chi connectivity index (χ3v) is 4.36. The summed E-state index contributed by atoms with van der Waals surface area (Å²) in [6.45, 7) is 1.79. The molecule has 2 unspecified atom stereocenters. The van der Waals surface area contributed by atoms with Crippen molar-refractivity contribution in [1.29, 1.82) is 0 Å². The van der Waals surface area contributed by atoms with Gasteiger partial charge in [-0.25, -0.2) is 0 Å². The smallest absolute Gasteiger partial charge is 0.161 e. The van der Waals surface area contributed by atoms with E-state index in [9.17, 15) is 5.11 Å². The van der Waals surface area contributed by atoms with Gasteiger partial charge < -0.3 is 14.6 Å². The maximum atomic E-state index is 9.47. The zero-order valence-corrected chi connectivity index (χ0v) is 12.4. The van der Waals surface area contributed by atoms with E-state index in [0.717, 1.165) is 29.2 Å². The minimum Gasteiger partial charge on any atom is -0.493 e. The second-order valence-electron chi connectivity index (χ2n) is 5.00. The highest BCUT2D eigenvalue weighted by molar-refractivity contribution is 7.99. The first-order valence-electron chi connectivity index (χ1n) is 6.78. The SMILES string of the molecule is COc1ccc(CC(C)O)cc1OC1CCCSC1. The monoisotopic (exact) mass is 282 g/mol. The van der Waals surface area contributed by atoms with E-state index in [1.807, 2.05) is 30.0 Å². The molecular weight excluding hydrogens is 260 g/mol. The van der Waals surface area contributed by atoms with Gasteiger partial charge in [0.1, 0.15) is 6.10 Å². The van der Waals surface area contributed by atoms with Gasteiger partial charge in [0.2, 0.25) is 0 Å². The lowest BCUT2D eigenvalue weighted by molar-refractivity contribution is 0.193. The molecule has 4 heteroatoms. The number of thioether (sulfide) groups is 1. The quantitative estimate of drug-likeness (QED) is 0.901. The van der Waals surface area contributed by atoms with E-state index in [4.69, 9.17) is 9.47 Å². The Balaban J connectivity index is 2.10. The third-order valence-electron chi connectivity index (χ3n) is 3.17. The van der Waals surface area contributed by atoms with Crippen LogP contribution in [-0.2, 0) is 6.42 Å². The van der Waals surface area contributed by atoms with Gasteiger partial charge in [-0.05, 0) is 49.6 Å². The second kappa shape index (κ2) is 7.06. The Hall–Kier alpha value is -0.870. The zero-order valence-electron chi connectivity index (χ0n) is 11.6. The highest BCUT2D eigenvalue weighted by Crippen LogP contribution is 2.31. The molecule has 0 amide bonds. The molecule has 0 spiro atoms. The fourth-order valence-electron chi connectivity index (χ4n) is 2.26. The Morgan fingerprint density at radius 2 is 2.26 bits per heavy atom. The number of hydrogen-bond acceptors (Lipinski definition) is 4. The number of ether oxygens (including phenoxy) is 2. The van der Waals surface area contributed by atoms with Crippen molar-refractivity contribution < 1.29 is 14.6 Å². The Kier molecular flexibility index (Phi) is 5.40. The van der Waals surface area contributed by atoms with E-state index < -0.39 is 0 Å². The topological polar surface area (TPSA) is 38.7 Å². The fraction of sp³-hybridized carbons (Fsp3) is 0.600. The summed E-state index contributed by atoms with van der Waals surface area (Å²) >= 11 is 1.94. The molecule has 2 rings (SSSR count). The van der Waals surface area contributed by atoms with E-state index >= 15 is 0 Å². The molecule has 0 aromatic heterocycles. The van der Waals surface area contributed by atoms with E-state index in [1.165, 1.54) is 12.2 Å². The van der Waals surface area contributed by atoms with Crippen LogP contribution in [0.1, 0.15) is 25.3 Å². The molecule has 1 aliphatic heterocycles. The first-order valence-corrected chi connectivity index (χ1v) is 7.94. The van der Waals surface area contributed by atoms with Crippen LogP contribution in [0.15, 0.2) is 18.2 Å². The highest BCUT2D eigenvalue weighted by Gasteiger charge is 2.17. The maximum absolute atomic E-state index is 9.47. The molecule has 1 N–H and O–H groups in total. The summed E-state index contributed by atoms with van der Waals surface area (Å²) in [4.78, 5) is 0. The third kappa shape index (κ3) is 4.32. The van der Waals surface area contributed by atoms with Gasteiger partial charge in [-0.3, -0.25) is 0 Å². The van der Waals surface area contributed by atoms with Crippen LogP contribution in [0, 0.1) is 0 Å². The van der Waals surface area contributed by atoms with E-state index in [0.29, 0.717) is 6.42 Å². The molecule has 1 heterocycles. The van der Waals surface area contributed by atoms with Gasteiger partial charge in [0.05, 0.1) is 13.2 Å². The molecule has 3 nitrogen and oxygen atoms in total. The van der Waals surface area contributed by atoms with Crippen molar-refractivity contribution in [3.8, 4) is 11.5 Å². The van der Waals surface area contributed by atoms with Crippen molar-refractivity contribution in [2.24, 2.45) is 0 Å². The van der Waals surface area contributed by atoms with Gasteiger partial charge in [-0.15, -0.1) is 0 Å². The van der Waals surface area contributed by atoms with Crippen molar-refractivity contribution in [3.63, 3.8) is 0 Å². The normalized spacial score (nSPS) is 20.9. The number of rotatable bonds is 5. The Bertz CT molecular complexity index is 400. The largest absolute Gasteiger partial charge is 0.493 e. The molecule has 0 bridgehead atoms. The lowest BCUT2D eigenvalue weighted by atomic mass is 10.1. The molecule has 0 aliphatic carbocycles. The Morgan fingerprint density at radius 1 is 1.42 bits per heavy atom. The zero-order chi connectivity index (χ0) is 13.7.